The van der Waals surface area contributed by atoms with Crippen LogP contribution in [0.1, 0.15) is 0 Å². The molecule has 0 spiro atoms. The quantitative estimate of drug-likeness (QED) is 0.722. The second-order valence-electron chi connectivity index (χ2n) is 5.38. The first-order chi connectivity index (χ1) is 12.3. The maximum Gasteiger partial charge on any atom is 0.240 e. The Bertz CT molecular complexity index is 1070. The highest BCUT2D eigenvalue weighted by molar-refractivity contribution is 7.92. The Hall–Kier alpha value is -2.71. The van der Waals surface area contributed by atoms with E-state index in [1.54, 1.807) is 18.2 Å². The predicted octanol–water partition coefficient (Wildman–Crippen LogP) is 3.08. The summed E-state index contributed by atoms with van der Waals surface area (Å²) in [7, 11) is -4.05. The van der Waals surface area contributed by atoms with Crippen LogP contribution in [0.15, 0.2) is 66.1 Å². The van der Waals surface area contributed by atoms with E-state index in [1.807, 2.05) is 0 Å². The van der Waals surface area contributed by atoms with E-state index >= 15 is 0 Å². The van der Waals surface area contributed by atoms with Crippen LogP contribution in [-0.2, 0) is 14.6 Å². The average molecular weight is 394 g/mol. The Morgan fingerprint density at radius 2 is 1.96 bits per heavy atom. The van der Waals surface area contributed by atoms with Crippen LogP contribution in [0.2, 0.25) is 5.02 Å². The molecule has 3 rings (SSSR count). The van der Waals surface area contributed by atoms with Crippen molar-refractivity contribution in [2.45, 2.75) is 5.16 Å². The topological polar surface area (TPSA) is 81.1 Å². The number of carbonyl (C=O) groups excluding carboxylic acids is 1. The molecule has 2 aromatic carbocycles. The summed E-state index contributed by atoms with van der Waals surface area (Å²) in [6.07, 6.45) is 2.66. The summed E-state index contributed by atoms with van der Waals surface area (Å²) in [4.78, 5) is 15.9. The van der Waals surface area contributed by atoms with Gasteiger partial charge in [-0.25, -0.2) is 17.8 Å². The zero-order chi connectivity index (χ0) is 18.7. The van der Waals surface area contributed by atoms with Gasteiger partial charge in [0.1, 0.15) is 11.6 Å². The Labute approximate surface area is 154 Å². The van der Waals surface area contributed by atoms with Gasteiger partial charge in [0, 0.05) is 23.1 Å². The smallest absolute Gasteiger partial charge is 0.240 e. The van der Waals surface area contributed by atoms with Gasteiger partial charge in [0.2, 0.25) is 20.9 Å². The summed E-state index contributed by atoms with van der Waals surface area (Å²) in [5.74, 6) is -2.06. The third kappa shape index (κ3) is 4.09. The summed E-state index contributed by atoms with van der Waals surface area (Å²) in [5.41, 5.74) is 0.669. The average Bonchev–Trinajstić information content (AvgIpc) is 3.05. The van der Waals surface area contributed by atoms with Crippen molar-refractivity contribution in [2.24, 2.45) is 0 Å². The van der Waals surface area contributed by atoms with Crippen molar-refractivity contribution in [3.8, 4) is 5.69 Å². The normalized spacial score (nSPS) is 11.3. The largest absolute Gasteiger partial charge is 0.325 e. The monoisotopic (exact) mass is 393 g/mol. The lowest BCUT2D eigenvalue weighted by atomic mass is 10.3. The van der Waals surface area contributed by atoms with Crippen molar-refractivity contribution in [3.63, 3.8) is 0 Å². The Balaban J connectivity index is 1.83. The highest BCUT2D eigenvalue weighted by Gasteiger charge is 2.25. The molecule has 1 heterocycles. The molecule has 1 aromatic heterocycles. The van der Waals surface area contributed by atoms with Gasteiger partial charge in [0.25, 0.3) is 0 Å². The number of hydrogen-bond acceptors (Lipinski definition) is 4. The maximum atomic E-state index is 13.4. The molecule has 6 nitrogen and oxygen atoms in total. The van der Waals surface area contributed by atoms with Crippen LogP contribution in [0.3, 0.4) is 0 Å². The van der Waals surface area contributed by atoms with Gasteiger partial charge in [-0.15, -0.1) is 0 Å². The van der Waals surface area contributed by atoms with Crippen molar-refractivity contribution >= 4 is 33.0 Å². The molecule has 0 aliphatic carbocycles. The third-order valence-corrected chi connectivity index (χ3v) is 5.14. The second-order valence-corrected chi connectivity index (χ2v) is 7.70. The first kappa shape index (κ1) is 18.1. The van der Waals surface area contributed by atoms with Crippen LogP contribution < -0.4 is 5.32 Å². The zero-order valence-corrected chi connectivity index (χ0v) is 14.8. The Morgan fingerprint density at radius 1 is 1.19 bits per heavy atom. The zero-order valence-electron chi connectivity index (χ0n) is 13.3. The molecule has 1 N–H and O–H groups in total. The molecule has 0 saturated carbocycles. The number of rotatable bonds is 5. The number of aromatic nitrogens is 2. The molecule has 0 unspecified atom stereocenters. The molecule has 3 aromatic rings. The van der Waals surface area contributed by atoms with E-state index in [0.717, 1.165) is 0 Å². The molecule has 0 fully saturated rings. The molecular weight excluding hydrogens is 381 g/mol. The SMILES string of the molecule is O=C(CS(=O)(=O)c1nccn1-c1cccc(F)c1)Nc1cccc(Cl)c1. The molecule has 0 atom stereocenters. The second kappa shape index (κ2) is 7.27. The number of nitrogens with zero attached hydrogens (tertiary/aromatic N) is 2. The van der Waals surface area contributed by atoms with E-state index in [1.165, 1.54) is 47.3 Å². The van der Waals surface area contributed by atoms with Gasteiger partial charge in [-0.2, -0.15) is 0 Å². The number of sulfone groups is 1. The maximum absolute atomic E-state index is 13.4. The number of anilines is 1. The fourth-order valence-corrected chi connectivity index (χ4v) is 3.77. The summed E-state index contributed by atoms with van der Waals surface area (Å²) in [6, 6.07) is 11.7. The van der Waals surface area contributed by atoms with Crippen LogP contribution in [-0.4, -0.2) is 29.6 Å². The third-order valence-electron chi connectivity index (χ3n) is 3.40. The number of hydrogen-bond donors (Lipinski definition) is 1. The molecule has 26 heavy (non-hydrogen) atoms. The fraction of sp³-hybridized carbons (Fsp3) is 0.0588. The standard InChI is InChI=1S/C17H13ClFN3O3S/c18-12-3-1-5-14(9-12)21-16(23)11-26(24,25)17-20-7-8-22(17)15-6-2-4-13(19)10-15/h1-10H,11H2,(H,21,23). The molecule has 0 aliphatic rings. The van der Waals surface area contributed by atoms with Gasteiger partial charge in [0.15, 0.2) is 0 Å². The molecule has 0 aliphatic heterocycles. The number of benzene rings is 2. The van der Waals surface area contributed by atoms with Crippen LogP contribution in [0.4, 0.5) is 10.1 Å². The Morgan fingerprint density at radius 3 is 2.69 bits per heavy atom. The molecule has 0 radical (unpaired) electrons. The van der Waals surface area contributed by atoms with Crippen LogP contribution in [0.25, 0.3) is 5.69 Å². The van der Waals surface area contributed by atoms with Gasteiger partial charge >= 0.3 is 0 Å². The van der Waals surface area contributed by atoms with Gasteiger partial charge in [0.05, 0.1) is 5.69 Å². The van der Waals surface area contributed by atoms with Crippen LogP contribution in [0.5, 0.6) is 0 Å². The highest BCUT2D eigenvalue weighted by atomic mass is 35.5. The first-order valence-electron chi connectivity index (χ1n) is 7.43. The number of imidazole rings is 1. The Kier molecular flexibility index (Phi) is 5.06. The number of amides is 1. The van der Waals surface area contributed by atoms with Crippen molar-refractivity contribution in [1.29, 1.82) is 0 Å². The lowest BCUT2D eigenvalue weighted by molar-refractivity contribution is -0.113. The lowest BCUT2D eigenvalue weighted by Crippen LogP contribution is -2.25. The minimum atomic E-state index is -4.05. The first-order valence-corrected chi connectivity index (χ1v) is 9.46. The lowest BCUT2D eigenvalue weighted by Gasteiger charge is -2.09. The summed E-state index contributed by atoms with van der Waals surface area (Å²) in [5, 5.41) is 2.54. The minimum absolute atomic E-state index is 0.288. The molecular formula is C17H13ClFN3O3S. The van der Waals surface area contributed by atoms with Gasteiger partial charge < -0.3 is 5.32 Å². The van der Waals surface area contributed by atoms with E-state index in [-0.39, 0.29) is 10.8 Å². The molecule has 1 amide bonds. The van der Waals surface area contributed by atoms with Crippen molar-refractivity contribution in [1.82, 2.24) is 9.55 Å². The van der Waals surface area contributed by atoms with Crippen LogP contribution >= 0.6 is 11.6 Å². The van der Waals surface area contributed by atoms with Crippen molar-refractivity contribution in [2.75, 3.05) is 11.1 Å². The fourth-order valence-electron chi connectivity index (χ4n) is 2.34. The molecule has 134 valence electrons. The molecule has 9 heteroatoms. The highest BCUT2D eigenvalue weighted by Crippen LogP contribution is 2.18. The van der Waals surface area contributed by atoms with Crippen molar-refractivity contribution in [3.05, 3.63) is 71.8 Å². The number of nitrogens with one attached hydrogen (secondary N) is 1. The van der Waals surface area contributed by atoms with Gasteiger partial charge in [-0.3, -0.25) is 9.36 Å². The summed E-state index contributed by atoms with van der Waals surface area (Å²) < 4.78 is 39.8. The van der Waals surface area contributed by atoms with E-state index in [0.29, 0.717) is 10.7 Å². The van der Waals surface area contributed by atoms with Gasteiger partial charge in [-0.1, -0.05) is 23.7 Å². The van der Waals surface area contributed by atoms with E-state index < -0.39 is 27.3 Å². The number of carbonyl (C=O) groups is 1. The van der Waals surface area contributed by atoms with Crippen molar-refractivity contribution < 1.29 is 17.6 Å². The van der Waals surface area contributed by atoms with Crippen LogP contribution in [0, 0.1) is 5.82 Å². The van der Waals surface area contributed by atoms with Gasteiger partial charge in [-0.05, 0) is 36.4 Å². The molecule has 0 saturated heterocycles. The van der Waals surface area contributed by atoms with E-state index in [4.69, 9.17) is 11.6 Å². The summed E-state index contributed by atoms with van der Waals surface area (Å²) in [6.45, 7) is 0. The minimum Gasteiger partial charge on any atom is -0.325 e. The predicted molar refractivity (Wildman–Crippen MR) is 95.7 cm³/mol. The summed E-state index contributed by atoms with van der Waals surface area (Å²) >= 11 is 5.83. The molecule has 0 bridgehead atoms. The number of halogens is 2. The van der Waals surface area contributed by atoms with E-state index in [2.05, 4.69) is 10.3 Å². The van der Waals surface area contributed by atoms with E-state index in [9.17, 15) is 17.6 Å².